The van der Waals surface area contributed by atoms with Crippen molar-refractivity contribution >= 4 is 18.6 Å². The van der Waals surface area contributed by atoms with E-state index in [1.54, 1.807) is 6.07 Å². The van der Waals surface area contributed by atoms with Crippen molar-refractivity contribution in [3.8, 4) is 6.07 Å². The summed E-state index contributed by atoms with van der Waals surface area (Å²) in [6.07, 6.45) is 0. The van der Waals surface area contributed by atoms with Gasteiger partial charge in [-0.05, 0) is 17.6 Å². The summed E-state index contributed by atoms with van der Waals surface area (Å²) < 4.78 is 0. The largest absolute Gasteiger partial charge is 0.488 e. The predicted octanol–water partition coefficient (Wildman–Crippen LogP) is -1.45. The van der Waals surface area contributed by atoms with Crippen LogP contribution in [0.4, 0.5) is 0 Å². The molecule has 0 unspecified atom stereocenters. The second-order valence-electron chi connectivity index (χ2n) is 2.86. The molecule has 0 aliphatic rings. The van der Waals surface area contributed by atoms with Crippen molar-refractivity contribution in [2.75, 3.05) is 6.54 Å². The SMILES string of the molecule is N#CCNOC(=O)c1ccc(B(O)O)cc1. The zero-order chi connectivity index (χ0) is 12.0. The highest BCUT2D eigenvalue weighted by Gasteiger charge is 2.12. The van der Waals surface area contributed by atoms with Gasteiger partial charge in [0, 0.05) is 0 Å². The maximum Gasteiger partial charge on any atom is 0.488 e. The van der Waals surface area contributed by atoms with Crippen LogP contribution in [0.5, 0.6) is 0 Å². The fourth-order valence-corrected chi connectivity index (χ4v) is 0.984. The molecule has 1 rings (SSSR count). The van der Waals surface area contributed by atoms with Crippen molar-refractivity contribution in [2.24, 2.45) is 0 Å². The summed E-state index contributed by atoms with van der Waals surface area (Å²) in [7, 11) is -1.57. The van der Waals surface area contributed by atoms with Crippen LogP contribution in [0.3, 0.4) is 0 Å². The molecule has 0 aliphatic carbocycles. The molecule has 0 spiro atoms. The lowest BCUT2D eigenvalue weighted by atomic mass is 9.80. The smallest absolute Gasteiger partial charge is 0.423 e. The van der Waals surface area contributed by atoms with E-state index >= 15 is 0 Å². The molecule has 82 valence electrons. The predicted molar refractivity (Wildman–Crippen MR) is 55.3 cm³/mol. The monoisotopic (exact) mass is 220 g/mol. The van der Waals surface area contributed by atoms with E-state index in [2.05, 4.69) is 10.3 Å². The normalized spacial score (nSPS) is 9.31. The maximum absolute atomic E-state index is 11.3. The van der Waals surface area contributed by atoms with E-state index in [1.165, 1.54) is 24.3 Å². The van der Waals surface area contributed by atoms with Gasteiger partial charge in [-0.2, -0.15) is 5.26 Å². The Labute approximate surface area is 92.2 Å². The maximum atomic E-state index is 11.3. The Morgan fingerprint density at radius 1 is 1.44 bits per heavy atom. The van der Waals surface area contributed by atoms with Crippen LogP contribution in [0, 0.1) is 11.3 Å². The average molecular weight is 220 g/mol. The summed E-state index contributed by atoms with van der Waals surface area (Å²) in [4.78, 5) is 15.8. The third-order valence-electron chi connectivity index (χ3n) is 1.76. The molecule has 0 amide bonds. The van der Waals surface area contributed by atoms with Crippen LogP contribution in [0.25, 0.3) is 0 Å². The molecule has 7 heteroatoms. The van der Waals surface area contributed by atoms with Crippen LogP contribution >= 0.6 is 0 Å². The minimum absolute atomic E-state index is 0.0980. The molecule has 0 saturated carbocycles. The lowest BCUT2D eigenvalue weighted by molar-refractivity contribution is 0.0282. The van der Waals surface area contributed by atoms with Crippen molar-refractivity contribution in [1.82, 2.24) is 5.48 Å². The summed E-state index contributed by atoms with van der Waals surface area (Å²) in [5, 5.41) is 25.8. The second kappa shape index (κ2) is 5.87. The topological polar surface area (TPSA) is 103 Å². The van der Waals surface area contributed by atoms with Gasteiger partial charge in [0.25, 0.3) is 0 Å². The van der Waals surface area contributed by atoms with Crippen LogP contribution < -0.4 is 10.9 Å². The van der Waals surface area contributed by atoms with Crippen molar-refractivity contribution in [2.45, 2.75) is 0 Å². The third kappa shape index (κ3) is 3.36. The molecule has 3 N–H and O–H groups in total. The molecule has 0 saturated heterocycles. The zero-order valence-electron chi connectivity index (χ0n) is 8.25. The second-order valence-corrected chi connectivity index (χ2v) is 2.86. The Balaban J connectivity index is 2.60. The standard InChI is InChI=1S/C9H9BN2O4/c11-5-6-12-16-9(13)7-1-3-8(4-2-7)10(14)15/h1-4,12,14-15H,6H2. The van der Waals surface area contributed by atoms with Gasteiger partial charge in [0.15, 0.2) is 0 Å². The highest BCUT2D eigenvalue weighted by Crippen LogP contribution is 1.99. The van der Waals surface area contributed by atoms with Crippen LogP contribution in [0.15, 0.2) is 24.3 Å². The van der Waals surface area contributed by atoms with Crippen molar-refractivity contribution in [1.29, 1.82) is 5.26 Å². The molecule has 0 aromatic heterocycles. The molecule has 0 fully saturated rings. The van der Waals surface area contributed by atoms with Gasteiger partial charge in [-0.25, -0.2) is 4.79 Å². The van der Waals surface area contributed by atoms with Crippen molar-refractivity contribution < 1.29 is 19.7 Å². The number of rotatable bonds is 4. The highest BCUT2D eigenvalue weighted by molar-refractivity contribution is 6.58. The highest BCUT2D eigenvalue weighted by atomic mass is 16.7. The molecule has 0 bridgehead atoms. The molecule has 0 aliphatic heterocycles. The number of nitrogens with zero attached hydrogens (tertiary/aromatic N) is 1. The van der Waals surface area contributed by atoms with Crippen LogP contribution in [0.1, 0.15) is 10.4 Å². The Bertz CT molecular complexity index is 399. The van der Waals surface area contributed by atoms with Crippen molar-refractivity contribution in [3.05, 3.63) is 29.8 Å². The summed E-state index contributed by atoms with van der Waals surface area (Å²) in [6, 6.07) is 7.32. The van der Waals surface area contributed by atoms with E-state index in [0.29, 0.717) is 0 Å². The molecule has 0 heterocycles. The molecule has 1 aromatic carbocycles. The number of carbonyl (C=O) groups is 1. The van der Waals surface area contributed by atoms with E-state index in [1.807, 2.05) is 0 Å². The quantitative estimate of drug-likeness (QED) is 0.248. The summed E-state index contributed by atoms with van der Waals surface area (Å²) in [5.74, 6) is -0.644. The first kappa shape index (κ1) is 12.2. The number of nitrogens with one attached hydrogen (secondary N) is 1. The average Bonchev–Trinajstić information content (AvgIpc) is 2.29. The van der Waals surface area contributed by atoms with E-state index < -0.39 is 13.1 Å². The Hall–Kier alpha value is -1.88. The molecule has 0 radical (unpaired) electrons. The van der Waals surface area contributed by atoms with E-state index in [9.17, 15) is 4.79 Å². The fourth-order valence-electron chi connectivity index (χ4n) is 0.984. The van der Waals surface area contributed by atoms with E-state index in [0.717, 1.165) is 0 Å². The number of nitriles is 1. The number of hydrogen-bond acceptors (Lipinski definition) is 6. The van der Waals surface area contributed by atoms with Crippen LogP contribution in [-0.4, -0.2) is 29.7 Å². The lowest BCUT2D eigenvalue weighted by Gasteiger charge is -2.03. The van der Waals surface area contributed by atoms with Gasteiger partial charge < -0.3 is 14.9 Å². The molecular formula is C9H9BN2O4. The van der Waals surface area contributed by atoms with Gasteiger partial charge in [0.2, 0.25) is 0 Å². The van der Waals surface area contributed by atoms with Crippen LogP contribution in [-0.2, 0) is 4.84 Å². The van der Waals surface area contributed by atoms with E-state index in [-0.39, 0.29) is 17.6 Å². The minimum Gasteiger partial charge on any atom is -0.423 e. The molecule has 1 aromatic rings. The first-order valence-electron chi connectivity index (χ1n) is 4.42. The molecular weight excluding hydrogens is 211 g/mol. The third-order valence-corrected chi connectivity index (χ3v) is 1.76. The van der Waals surface area contributed by atoms with Gasteiger partial charge in [-0.3, -0.25) is 0 Å². The van der Waals surface area contributed by atoms with Gasteiger partial charge in [0.05, 0.1) is 11.6 Å². The Morgan fingerprint density at radius 3 is 2.56 bits per heavy atom. The van der Waals surface area contributed by atoms with Crippen LogP contribution in [0.2, 0.25) is 0 Å². The van der Waals surface area contributed by atoms with Gasteiger partial charge in [-0.1, -0.05) is 12.1 Å². The zero-order valence-corrected chi connectivity index (χ0v) is 8.25. The first-order chi connectivity index (χ1) is 7.65. The van der Waals surface area contributed by atoms with Gasteiger partial charge in [-0.15, -0.1) is 5.48 Å². The molecule has 6 nitrogen and oxygen atoms in total. The van der Waals surface area contributed by atoms with Gasteiger partial charge in [0.1, 0.15) is 6.54 Å². The summed E-state index contributed by atoms with van der Waals surface area (Å²) in [6.45, 7) is -0.0980. The van der Waals surface area contributed by atoms with Crippen molar-refractivity contribution in [3.63, 3.8) is 0 Å². The van der Waals surface area contributed by atoms with Gasteiger partial charge >= 0.3 is 13.1 Å². The number of benzene rings is 1. The summed E-state index contributed by atoms with van der Waals surface area (Å²) in [5.41, 5.74) is 2.69. The number of carbonyl (C=O) groups excluding carboxylic acids is 1. The van der Waals surface area contributed by atoms with E-state index in [4.69, 9.17) is 15.3 Å². The minimum atomic E-state index is -1.57. The number of hydroxylamine groups is 1. The molecule has 0 atom stereocenters. The Kier molecular flexibility index (Phi) is 4.48. The number of hydrogen-bond donors (Lipinski definition) is 3. The Morgan fingerprint density at radius 2 is 2.06 bits per heavy atom. The lowest BCUT2D eigenvalue weighted by Crippen LogP contribution is -2.29. The fraction of sp³-hybridized carbons (Fsp3) is 0.111. The summed E-state index contributed by atoms with van der Waals surface area (Å²) >= 11 is 0. The first-order valence-corrected chi connectivity index (χ1v) is 4.42. The molecule has 16 heavy (non-hydrogen) atoms.